The van der Waals surface area contributed by atoms with Crippen molar-refractivity contribution >= 4 is 23.8 Å². The Labute approximate surface area is 229 Å². The van der Waals surface area contributed by atoms with Crippen LogP contribution < -0.4 is 0 Å². The van der Waals surface area contributed by atoms with Gasteiger partial charge in [-0.25, -0.2) is 0 Å². The van der Waals surface area contributed by atoms with Crippen molar-refractivity contribution in [2.75, 3.05) is 13.2 Å². The lowest BCUT2D eigenvalue weighted by Gasteiger charge is -2.28. The number of aryl methyl sites for hydroxylation is 1. The van der Waals surface area contributed by atoms with Gasteiger partial charge in [-0.3, -0.25) is 8.75 Å². The first-order valence-corrected chi connectivity index (χ1v) is 16.9. The molecule has 0 aliphatic heterocycles. The summed E-state index contributed by atoms with van der Waals surface area (Å²) in [6.45, 7) is 7.75. The van der Waals surface area contributed by atoms with Crippen molar-refractivity contribution in [3.8, 4) is 11.1 Å². The predicted molar refractivity (Wildman–Crippen MR) is 156 cm³/mol. The molecule has 210 valence electrons. The minimum atomic E-state index is -4.15. The first-order valence-electron chi connectivity index (χ1n) is 13.8. The Morgan fingerprint density at radius 3 is 2.00 bits per heavy atom. The fourth-order valence-corrected chi connectivity index (χ4v) is 9.45. The summed E-state index contributed by atoms with van der Waals surface area (Å²) in [6, 6.07) is 16.7. The largest absolute Gasteiger partial charge is 0.351 e. The van der Waals surface area contributed by atoms with E-state index < -0.39 is 22.7 Å². The van der Waals surface area contributed by atoms with E-state index >= 15 is 0 Å². The molecule has 1 aliphatic carbocycles. The molecule has 0 bridgehead atoms. The van der Waals surface area contributed by atoms with Gasteiger partial charge in [-0.1, -0.05) is 79.4 Å². The van der Waals surface area contributed by atoms with E-state index in [1.54, 1.807) is 13.8 Å². The van der Waals surface area contributed by atoms with Gasteiger partial charge in [-0.15, -0.1) is 0 Å². The van der Waals surface area contributed by atoms with Crippen molar-refractivity contribution in [1.82, 2.24) is 0 Å². The third-order valence-corrected chi connectivity index (χ3v) is 11.9. The third kappa shape index (κ3) is 8.89. The topological polar surface area (TPSA) is 78.9 Å². The second kappa shape index (κ2) is 14.6. The van der Waals surface area contributed by atoms with Crippen LogP contribution in [0.3, 0.4) is 0 Å². The van der Waals surface area contributed by atoms with E-state index in [0.29, 0.717) is 25.7 Å². The van der Waals surface area contributed by atoms with Crippen molar-refractivity contribution in [2.45, 2.75) is 90.2 Å². The van der Waals surface area contributed by atoms with Crippen LogP contribution in [-0.4, -0.2) is 32.7 Å². The van der Waals surface area contributed by atoms with Gasteiger partial charge >= 0.3 is 7.60 Å². The van der Waals surface area contributed by atoms with Crippen LogP contribution in [0.4, 0.5) is 0 Å². The van der Waals surface area contributed by atoms with Crippen LogP contribution in [0.2, 0.25) is 0 Å². The highest BCUT2D eigenvalue weighted by molar-refractivity contribution is 7.94. The van der Waals surface area contributed by atoms with Crippen molar-refractivity contribution in [3.63, 3.8) is 0 Å². The first-order chi connectivity index (χ1) is 18.2. The van der Waals surface area contributed by atoms with E-state index in [9.17, 15) is 13.0 Å². The summed E-state index contributed by atoms with van der Waals surface area (Å²) >= 11 is 0. The highest BCUT2D eigenvalue weighted by atomic mass is 32.2. The smallest absolute Gasteiger partial charge is 0.308 e. The molecule has 1 unspecified atom stereocenters. The van der Waals surface area contributed by atoms with Crippen LogP contribution in [0.1, 0.15) is 83.8 Å². The third-order valence-electron chi connectivity index (χ3n) is 6.70. The molecule has 1 fully saturated rings. The van der Waals surface area contributed by atoms with Crippen LogP contribution >= 0.6 is 7.60 Å². The molecule has 0 saturated heterocycles. The van der Waals surface area contributed by atoms with Gasteiger partial charge < -0.3 is 9.05 Å². The summed E-state index contributed by atoms with van der Waals surface area (Å²) in [4.78, 5) is -1.34. The molecular formula is C30H43O6PS. The van der Waals surface area contributed by atoms with Crippen molar-refractivity contribution in [2.24, 2.45) is 0 Å². The molecule has 1 atom stereocenters. The summed E-state index contributed by atoms with van der Waals surface area (Å²) in [7, 11) is -8.07. The lowest BCUT2D eigenvalue weighted by Crippen LogP contribution is -2.31. The zero-order valence-corrected chi connectivity index (χ0v) is 24.9. The molecule has 0 heterocycles. The minimum Gasteiger partial charge on any atom is -0.308 e. The van der Waals surface area contributed by atoms with Gasteiger partial charge in [0.05, 0.1) is 19.3 Å². The first kappa shape index (κ1) is 30.8. The lowest BCUT2D eigenvalue weighted by molar-refractivity contribution is 0.158. The maximum Gasteiger partial charge on any atom is 0.351 e. The number of hydrogen-bond acceptors (Lipinski definition) is 6. The summed E-state index contributed by atoms with van der Waals surface area (Å²) < 4.78 is 56.9. The molecule has 0 N–H and O–H groups in total. The van der Waals surface area contributed by atoms with Crippen LogP contribution in [0, 0.1) is 0 Å². The normalized spacial score (nSPS) is 15.8. The van der Waals surface area contributed by atoms with E-state index in [1.807, 2.05) is 0 Å². The molecule has 1 saturated carbocycles. The second-order valence-corrected chi connectivity index (χ2v) is 14.4. The molecule has 0 aromatic heterocycles. The molecular weight excluding hydrogens is 519 g/mol. The Balaban J connectivity index is 1.69. The molecule has 0 spiro atoms. The Kier molecular flexibility index (Phi) is 11.8. The van der Waals surface area contributed by atoms with E-state index in [0.717, 1.165) is 36.0 Å². The van der Waals surface area contributed by atoms with Crippen molar-refractivity contribution < 1.29 is 26.2 Å². The van der Waals surface area contributed by atoms with Crippen molar-refractivity contribution in [3.05, 3.63) is 65.2 Å². The minimum absolute atomic E-state index is 0.101. The standard InChI is InChI=1S/C30H43O6PS/c1-5-34-37(31,35-6-2)30(38(32,33)36-29-12-8-7-9-13-29)14-10-11-25-15-19-27(20-16-25)28-21-17-26(18-22-28)23-24(3)4/h15-23,29-30H,5-14H2,1-4H3. The SMILES string of the molecule is CCOP(=O)(OCC)C(CCCc1ccc(-c2ccc(C=C(C)C)cc2)cc1)S(=O)(=O)OC1CCCCC1. The van der Waals surface area contributed by atoms with Crippen LogP contribution in [0.5, 0.6) is 0 Å². The van der Waals surface area contributed by atoms with Gasteiger partial charge in [0.15, 0.2) is 4.99 Å². The zero-order valence-electron chi connectivity index (χ0n) is 23.2. The number of hydrogen-bond donors (Lipinski definition) is 0. The Bertz CT molecular complexity index is 1170. The Morgan fingerprint density at radius 2 is 1.47 bits per heavy atom. The lowest BCUT2D eigenvalue weighted by atomic mass is 9.98. The molecule has 0 amide bonds. The fourth-order valence-electron chi connectivity index (χ4n) is 4.89. The van der Waals surface area contributed by atoms with Gasteiger partial charge in [0.2, 0.25) is 0 Å². The summed E-state index contributed by atoms with van der Waals surface area (Å²) in [5, 5.41) is 0. The van der Waals surface area contributed by atoms with Gasteiger partial charge in [0, 0.05) is 0 Å². The van der Waals surface area contributed by atoms with Gasteiger partial charge in [-0.05, 0) is 82.1 Å². The Hall–Kier alpha value is -1.76. The summed E-state index contributed by atoms with van der Waals surface area (Å²) in [5.74, 6) is 0. The fraction of sp³-hybridized carbons (Fsp3) is 0.533. The predicted octanol–water partition coefficient (Wildman–Crippen LogP) is 8.37. The Morgan fingerprint density at radius 1 is 0.921 bits per heavy atom. The van der Waals surface area contributed by atoms with E-state index in [-0.39, 0.29) is 25.7 Å². The summed E-state index contributed by atoms with van der Waals surface area (Å²) in [5.41, 5.74) is 5.79. The van der Waals surface area contributed by atoms with Gasteiger partial charge in [-0.2, -0.15) is 8.42 Å². The van der Waals surface area contributed by atoms with Crippen LogP contribution in [-0.2, 0) is 34.3 Å². The highest BCUT2D eigenvalue weighted by Crippen LogP contribution is 2.57. The number of allylic oxidation sites excluding steroid dienone is 1. The molecule has 38 heavy (non-hydrogen) atoms. The maximum absolute atomic E-state index is 13.6. The highest BCUT2D eigenvalue weighted by Gasteiger charge is 2.46. The molecule has 2 aromatic carbocycles. The maximum atomic E-state index is 13.6. The number of benzene rings is 2. The van der Waals surface area contributed by atoms with E-state index in [1.165, 1.54) is 11.1 Å². The van der Waals surface area contributed by atoms with E-state index in [2.05, 4.69) is 68.5 Å². The summed E-state index contributed by atoms with van der Waals surface area (Å²) in [6.07, 6.45) is 7.44. The number of rotatable bonds is 14. The second-order valence-electron chi connectivity index (χ2n) is 10.1. The molecule has 3 rings (SSSR count). The molecule has 8 heteroatoms. The molecule has 2 aromatic rings. The van der Waals surface area contributed by atoms with Crippen LogP contribution in [0.25, 0.3) is 17.2 Å². The van der Waals surface area contributed by atoms with Gasteiger partial charge in [0.25, 0.3) is 10.1 Å². The zero-order chi connectivity index (χ0) is 27.6. The molecule has 0 radical (unpaired) electrons. The molecule has 1 aliphatic rings. The van der Waals surface area contributed by atoms with E-state index in [4.69, 9.17) is 13.2 Å². The van der Waals surface area contributed by atoms with Crippen LogP contribution in [0.15, 0.2) is 54.1 Å². The van der Waals surface area contributed by atoms with Crippen molar-refractivity contribution in [1.29, 1.82) is 0 Å². The quantitative estimate of drug-likeness (QED) is 0.170. The molecule has 6 nitrogen and oxygen atoms in total. The van der Waals surface area contributed by atoms with Gasteiger partial charge in [0.1, 0.15) is 0 Å². The average Bonchev–Trinajstić information content (AvgIpc) is 2.87. The monoisotopic (exact) mass is 562 g/mol. The average molecular weight is 563 g/mol.